The zero-order chi connectivity index (χ0) is 9.86. The van der Waals surface area contributed by atoms with Crippen LogP contribution in [0.2, 0.25) is 0 Å². The summed E-state index contributed by atoms with van der Waals surface area (Å²) in [4.78, 5) is 17.8. The first-order chi connectivity index (χ1) is 4.88. The van der Waals surface area contributed by atoms with Gasteiger partial charge in [-0.05, 0) is 0 Å². The summed E-state index contributed by atoms with van der Waals surface area (Å²) in [5.74, 6) is -2.17. The second-order valence-corrected chi connectivity index (χ2v) is 3.44. The van der Waals surface area contributed by atoms with Crippen LogP contribution < -0.4 is 0 Å². The van der Waals surface area contributed by atoms with Crippen molar-refractivity contribution in [3.63, 3.8) is 0 Å². The van der Waals surface area contributed by atoms with Gasteiger partial charge in [0.05, 0.1) is 0 Å². The molecule has 0 bridgehead atoms. The third-order valence-corrected chi connectivity index (χ3v) is 0. The summed E-state index contributed by atoms with van der Waals surface area (Å²) in [5, 5.41) is 14.6. The predicted octanol–water partition coefficient (Wildman–Crippen LogP) is 1.19. The van der Waals surface area contributed by atoms with Crippen LogP contribution in [0.5, 0.6) is 0 Å². The Kier molecular flexibility index (Phi) is 25.8. The second-order valence-electron chi connectivity index (χ2n) is 0.859. The SMILES string of the molecule is [CH2-]C(=O)O.[CH2-]C(=O)O.[Cl][Ti][Cl]. The van der Waals surface area contributed by atoms with Crippen molar-refractivity contribution in [2.24, 2.45) is 0 Å². The van der Waals surface area contributed by atoms with Crippen LogP contribution in [0.15, 0.2) is 0 Å². The van der Waals surface area contributed by atoms with Gasteiger partial charge in [0.2, 0.25) is 0 Å². The van der Waals surface area contributed by atoms with Crippen LogP contribution in [-0.4, -0.2) is 22.2 Å². The second kappa shape index (κ2) is 16.5. The van der Waals surface area contributed by atoms with Gasteiger partial charge >= 0.3 is 35.6 Å². The van der Waals surface area contributed by atoms with Gasteiger partial charge in [-0.3, -0.25) is 23.4 Å². The summed E-state index contributed by atoms with van der Waals surface area (Å²) in [7, 11) is 9.78. The van der Waals surface area contributed by atoms with E-state index in [4.69, 9.17) is 38.4 Å². The first-order valence-electron chi connectivity index (χ1n) is 1.94. The van der Waals surface area contributed by atoms with Crippen molar-refractivity contribution >= 4 is 30.5 Å². The standard InChI is InChI=1S/2C2H3O2.2ClH.Ti/c2*1-2(3)4;;;/h2*1H2,(H,3,4);2*1H;/q2*-1;;;+2/p-2. The van der Waals surface area contributed by atoms with Gasteiger partial charge in [-0.15, -0.1) is 0 Å². The Bertz CT molecular complexity index is 88.3. The van der Waals surface area contributed by atoms with Crippen molar-refractivity contribution in [2.75, 3.05) is 0 Å². The Hall–Kier alpha value is -0.0257. The fourth-order valence-corrected chi connectivity index (χ4v) is 0. The first kappa shape index (κ1) is 17.2. The molecule has 0 heterocycles. The van der Waals surface area contributed by atoms with E-state index in [9.17, 15) is 0 Å². The summed E-state index contributed by atoms with van der Waals surface area (Å²) in [6, 6.07) is 0. The third kappa shape index (κ3) is 959000. The zero-order valence-corrected chi connectivity index (χ0v) is 8.45. The van der Waals surface area contributed by atoms with Crippen molar-refractivity contribution in [1.29, 1.82) is 0 Å². The third-order valence-electron chi connectivity index (χ3n) is 0. The molecular formula is C4H6Cl2O4Ti-2. The summed E-state index contributed by atoms with van der Waals surface area (Å²) >= 11 is -0.556. The molecule has 0 amide bonds. The molecule has 0 radical (unpaired) electrons. The molecule has 0 spiro atoms. The van der Waals surface area contributed by atoms with E-state index >= 15 is 0 Å². The van der Waals surface area contributed by atoms with Gasteiger partial charge in [-0.25, -0.2) is 0 Å². The van der Waals surface area contributed by atoms with Crippen molar-refractivity contribution < 1.29 is 36.8 Å². The van der Waals surface area contributed by atoms with E-state index < -0.39 is 29.0 Å². The van der Waals surface area contributed by atoms with Gasteiger partial charge < -0.3 is 10.2 Å². The molecule has 0 aromatic heterocycles. The quantitative estimate of drug-likeness (QED) is 0.490. The van der Waals surface area contributed by atoms with Crippen molar-refractivity contribution in [2.45, 2.75) is 0 Å². The Morgan fingerprint density at radius 3 is 1.09 bits per heavy atom. The summed E-state index contributed by atoms with van der Waals surface area (Å²) in [5.41, 5.74) is 0. The number of hydrogen-bond acceptors (Lipinski definition) is 2. The summed E-state index contributed by atoms with van der Waals surface area (Å²) < 4.78 is 0. The molecule has 0 rings (SSSR count). The van der Waals surface area contributed by atoms with Crippen molar-refractivity contribution in [1.82, 2.24) is 0 Å². The van der Waals surface area contributed by atoms with E-state index in [2.05, 4.69) is 13.8 Å². The van der Waals surface area contributed by atoms with Gasteiger partial charge in [-0.2, -0.15) is 0 Å². The van der Waals surface area contributed by atoms with E-state index in [0.717, 1.165) is 0 Å². The molecule has 4 nitrogen and oxygen atoms in total. The van der Waals surface area contributed by atoms with Gasteiger partial charge in [-0.1, -0.05) is 0 Å². The Labute approximate surface area is 81.2 Å². The van der Waals surface area contributed by atoms with Crippen LogP contribution in [0, 0.1) is 13.8 Å². The van der Waals surface area contributed by atoms with E-state index in [1.54, 1.807) is 0 Å². The maximum absolute atomic E-state index is 8.89. The number of rotatable bonds is 0. The van der Waals surface area contributed by atoms with Gasteiger partial charge in [0.1, 0.15) is 0 Å². The fourth-order valence-electron chi connectivity index (χ4n) is 0. The molecule has 0 unspecified atom stereocenters. The molecule has 0 aromatic carbocycles. The van der Waals surface area contributed by atoms with Crippen LogP contribution in [-0.2, 0) is 26.6 Å². The molecule has 0 aliphatic rings. The molecule has 7 heteroatoms. The van der Waals surface area contributed by atoms with Crippen LogP contribution in [0.1, 0.15) is 0 Å². The topological polar surface area (TPSA) is 74.6 Å². The zero-order valence-electron chi connectivity index (χ0n) is 5.38. The van der Waals surface area contributed by atoms with Gasteiger partial charge in [0.25, 0.3) is 0 Å². The molecule has 11 heavy (non-hydrogen) atoms. The number of carboxylic acids is 2. The van der Waals surface area contributed by atoms with E-state index in [1.807, 2.05) is 0 Å². The van der Waals surface area contributed by atoms with Crippen molar-refractivity contribution in [3.05, 3.63) is 13.8 Å². The summed E-state index contributed by atoms with van der Waals surface area (Å²) in [6.45, 7) is 5.11. The molecule has 2 N–H and O–H groups in total. The number of carboxylic acid groups (broad SMARTS) is 2. The molecule has 0 aliphatic heterocycles. The average Bonchev–Trinajstić information content (AvgIpc) is 1.60. The molecule has 0 fully saturated rings. The Morgan fingerprint density at radius 1 is 1.09 bits per heavy atom. The minimum absolute atomic E-state index is 0.556. The van der Waals surface area contributed by atoms with Crippen LogP contribution in [0.3, 0.4) is 0 Å². The van der Waals surface area contributed by atoms with Crippen LogP contribution in [0.4, 0.5) is 0 Å². The molecule has 0 aliphatic carbocycles. The molecule has 66 valence electrons. The van der Waals surface area contributed by atoms with Gasteiger partial charge in [0.15, 0.2) is 11.9 Å². The Morgan fingerprint density at radius 2 is 1.09 bits per heavy atom. The number of aliphatic carboxylic acids is 2. The fraction of sp³-hybridized carbons (Fsp3) is 0. The van der Waals surface area contributed by atoms with Crippen molar-refractivity contribution in [3.8, 4) is 0 Å². The van der Waals surface area contributed by atoms with Gasteiger partial charge in [0, 0.05) is 0 Å². The molecule has 0 aromatic rings. The number of hydrogen-bond donors (Lipinski definition) is 2. The molecule has 0 atom stereocenters. The van der Waals surface area contributed by atoms with E-state index in [0.29, 0.717) is 0 Å². The van der Waals surface area contributed by atoms with Crippen LogP contribution in [0.25, 0.3) is 0 Å². The summed E-state index contributed by atoms with van der Waals surface area (Å²) in [6.07, 6.45) is 0. The number of halogens is 2. The van der Waals surface area contributed by atoms with E-state index in [-0.39, 0.29) is 0 Å². The Balaban J connectivity index is -0.0000000886. The molecule has 0 saturated carbocycles. The van der Waals surface area contributed by atoms with Crippen LogP contribution >= 0.6 is 18.6 Å². The normalized spacial score (nSPS) is 5.64. The minimum atomic E-state index is -1.08. The van der Waals surface area contributed by atoms with E-state index in [1.165, 1.54) is 0 Å². The first-order valence-corrected chi connectivity index (χ1v) is 6.24. The molecular weight excluding hydrogens is 231 g/mol. The number of carbonyl (C=O) groups is 2. The monoisotopic (exact) mass is 236 g/mol. The average molecular weight is 237 g/mol. The predicted molar refractivity (Wildman–Crippen MR) is 37.7 cm³/mol. The molecule has 0 saturated heterocycles. The maximum atomic E-state index is 8.89.